The Kier molecular flexibility index (Phi) is 6.95. The molecule has 0 saturated heterocycles. The smallest absolute Gasteiger partial charge is 0.337 e. The second-order valence-electron chi connectivity index (χ2n) is 9.60. The zero-order valence-electron chi connectivity index (χ0n) is 20.6. The molecule has 0 radical (unpaired) electrons. The molecule has 184 valence electrons. The highest BCUT2D eigenvalue weighted by Crippen LogP contribution is 2.40. The van der Waals surface area contributed by atoms with Gasteiger partial charge in [-0.3, -0.25) is 9.38 Å². The predicted octanol–water partition coefficient (Wildman–Crippen LogP) is 5.19. The van der Waals surface area contributed by atoms with Crippen LogP contribution in [0.15, 0.2) is 36.3 Å². The standard InChI is InChI=1S/C29H32FNO4/c1-6-18-16-17(3)23(27(28(32)33)35-29(4,5)12-13-30)25(20(18)7-2)21-8-9-22-24-19(11-15-34-22)10-14-31-26(21)24/h6-9,16,27H,1-2,10-15H2,3-5H3,(H,32,33)/t27-/m0/s1. The molecule has 0 fully saturated rings. The van der Waals surface area contributed by atoms with Gasteiger partial charge in [0, 0.05) is 35.7 Å². The van der Waals surface area contributed by atoms with Gasteiger partial charge in [0.2, 0.25) is 0 Å². The summed E-state index contributed by atoms with van der Waals surface area (Å²) in [5, 5.41) is 12.1. The van der Waals surface area contributed by atoms with Crippen molar-refractivity contribution in [2.75, 3.05) is 19.8 Å². The number of alkyl halides is 1. The number of nitrogens with zero attached hydrogens (tertiary/aromatic N) is 1. The van der Waals surface area contributed by atoms with E-state index in [4.69, 9.17) is 14.5 Å². The van der Waals surface area contributed by atoms with Crippen LogP contribution in [0.2, 0.25) is 0 Å². The van der Waals surface area contributed by atoms with Gasteiger partial charge in [-0.1, -0.05) is 36.9 Å². The Balaban J connectivity index is 2.09. The Hall–Kier alpha value is -3.25. The van der Waals surface area contributed by atoms with Crippen molar-refractivity contribution >= 4 is 23.7 Å². The number of carboxylic acids is 1. The zero-order valence-corrected chi connectivity index (χ0v) is 20.6. The maximum atomic E-state index is 13.2. The zero-order chi connectivity index (χ0) is 25.3. The lowest BCUT2D eigenvalue weighted by atomic mass is 9.83. The number of carboxylic acid groups (broad SMARTS) is 1. The molecule has 2 aromatic rings. The third-order valence-electron chi connectivity index (χ3n) is 6.80. The fraction of sp³-hybridized carbons (Fsp3) is 0.379. The van der Waals surface area contributed by atoms with Gasteiger partial charge in [-0.25, -0.2) is 4.79 Å². The highest BCUT2D eigenvalue weighted by atomic mass is 19.1. The highest BCUT2D eigenvalue weighted by molar-refractivity contribution is 5.88. The van der Waals surface area contributed by atoms with E-state index in [1.165, 1.54) is 5.57 Å². The van der Waals surface area contributed by atoms with E-state index in [9.17, 15) is 14.3 Å². The summed E-state index contributed by atoms with van der Waals surface area (Å²) in [5.74, 6) is -0.330. The lowest BCUT2D eigenvalue weighted by molar-refractivity contribution is -0.163. The van der Waals surface area contributed by atoms with E-state index in [1.54, 1.807) is 26.0 Å². The van der Waals surface area contributed by atoms with Gasteiger partial charge >= 0.3 is 5.97 Å². The van der Waals surface area contributed by atoms with Crippen LogP contribution in [0.4, 0.5) is 4.39 Å². The molecule has 0 saturated carbocycles. The average molecular weight is 478 g/mol. The summed E-state index contributed by atoms with van der Waals surface area (Å²) in [6.45, 7) is 14.0. The van der Waals surface area contributed by atoms with Crippen molar-refractivity contribution in [3.8, 4) is 16.9 Å². The van der Waals surface area contributed by atoms with Crippen molar-refractivity contribution in [1.29, 1.82) is 0 Å². The molecule has 0 aromatic heterocycles. The number of hydrogen-bond donors (Lipinski definition) is 1. The van der Waals surface area contributed by atoms with E-state index >= 15 is 0 Å². The molecular formula is C29H32FNO4. The fourth-order valence-corrected chi connectivity index (χ4v) is 5.09. The summed E-state index contributed by atoms with van der Waals surface area (Å²) in [6.07, 6.45) is 3.97. The number of carbonyl (C=O) groups is 1. The molecule has 4 rings (SSSR count). The van der Waals surface area contributed by atoms with Crippen molar-refractivity contribution in [3.05, 3.63) is 64.2 Å². The number of benzene rings is 2. The van der Waals surface area contributed by atoms with Crippen molar-refractivity contribution < 1.29 is 23.8 Å². The molecule has 0 unspecified atom stereocenters. The molecule has 6 heteroatoms. The molecule has 0 aliphatic carbocycles. The minimum atomic E-state index is -1.31. The first-order valence-corrected chi connectivity index (χ1v) is 11.9. The molecule has 2 aliphatic rings. The van der Waals surface area contributed by atoms with Crippen LogP contribution in [-0.2, 0) is 9.53 Å². The van der Waals surface area contributed by atoms with Crippen molar-refractivity contribution in [1.82, 2.24) is 0 Å². The molecule has 0 bridgehead atoms. The van der Waals surface area contributed by atoms with E-state index in [1.807, 2.05) is 25.1 Å². The quantitative estimate of drug-likeness (QED) is 0.540. The van der Waals surface area contributed by atoms with Crippen molar-refractivity contribution in [2.45, 2.75) is 51.7 Å². The number of aryl methyl sites for hydroxylation is 1. The third kappa shape index (κ3) is 4.55. The number of halogens is 1. The predicted molar refractivity (Wildman–Crippen MR) is 137 cm³/mol. The lowest BCUT2D eigenvalue weighted by Crippen LogP contribution is -2.38. The minimum absolute atomic E-state index is 0.0826. The van der Waals surface area contributed by atoms with E-state index in [-0.39, 0.29) is 6.42 Å². The first kappa shape index (κ1) is 24.9. The first-order valence-electron chi connectivity index (χ1n) is 11.9. The Labute approximate surface area is 205 Å². The molecule has 1 atom stereocenters. The van der Waals surface area contributed by atoms with Crippen LogP contribution in [-0.4, -0.2) is 36.5 Å². The number of aliphatic carboxylic acids is 1. The van der Waals surface area contributed by atoms with Gasteiger partial charge in [0.25, 0.3) is 0 Å². The topological polar surface area (TPSA) is 68.1 Å². The van der Waals surface area contributed by atoms with Crippen LogP contribution < -0.4 is 15.3 Å². The van der Waals surface area contributed by atoms with Crippen molar-refractivity contribution in [2.24, 2.45) is 4.99 Å². The van der Waals surface area contributed by atoms with Crippen LogP contribution >= 0.6 is 0 Å². The SMILES string of the molecule is C=Cc1cc(C)c([C@H](OC(C)(C)CCF)C(=O)O)c(-c2ccc3c4c2=NCCC=4CCO3)c1C=C. The Bertz CT molecular complexity index is 1330. The van der Waals surface area contributed by atoms with Crippen LogP contribution in [0.1, 0.15) is 61.5 Å². The van der Waals surface area contributed by atoms with Gasteiger partial charge in [0.1, 0.15) is 5.75 Å². The normalized spacial score (nSPS) is 15.5. The van der Waals surface area contributed by atoms with Gasteiger partial charge in [0.15, 0.2) is 6.10 Å². The molecule has 5 nitrogen and oxygen atoms in total. The van der Waals surface area contributed by atoms with Gasteiger partial charge < -0.3 is 14.6 Å². The molecule has 2 heterocycles. The van der Waals surface area contributed by atoms with Gasteiger partial charge in [0.05, 0.1) is 24.2 Å². The summed E-state index contributed by atoms with van der Waals surface area (Å²) in [6, 6.07) is 5.77. The van der Waals surface area contributed by atoms with E-state index in [2.05, 4.69) is 13.2 Å². The molecule has 2 aromatic carbocycles. The summed E-state index contributed by atoms with van der Waals surface area (Å²) < 4.78 is 25.2. The maximum Gasteiger partial charge on any atom is 0.337 e. The summed E-state index contributed by atoms with van der Waals surface area (Å²) in [5.41, 5.74) is 4.69. The molecule has 35 heavy (non-hydrogen) atoms. The number of rotatable bonds is 9. The summed E-state index contributed by atoms with van der Waals surface area (Å²) in [7, 11) is 0. The Morgan fingerprint density at radius 3 is 2.74 bits per heavy atom. The van der Waals surface area contributed by atoms with E-state index < -0.39 is 24.3 Å². The van der Waals surface area contributed by atoms with Crippen LogP contribution in [0.5, 0.6) is 5.75 Å². The molecular weight excluding hydrogens is 445 g/mol. The van der Waals surface area contributed by atoms with Crippen LogP contribution in [0.25, 0.3) is 28.9 Å². The molecule has 2 aliphatic heterocycles. The van der Waals surface area contributed by atoms with Gasteiger partial charge in [-0.2, -0.15) is 0 Å². The van der Waals surface area contributed by atoms with Gasteiger partial charge in [-0.05, 0) is 61.6 Å². The second kappa shape index (κ2) is 9.78. The molecule has 1 N–H and O–H groups in total. The van der Waals surface area contributed by atoms with E-state index in [0.717, 1.165) is 51.4 Å². The minimum Gasteiger partial charge on any atom is -0.493 e. The van der Waals surface area contributed by atoms with Crippen LogP contribution in [0.3, 0.4) is 0 Å². The Morgan fingerprint density at radius 1 is 1.31 bits per heavy atom. The summed E-state index contributed by atoms with van der Waals surface area (Å²) in [4.78, 5) is 17.5. The molecule has 0 spiro atoms. The van der Waals surface area contributed by atoms with Crippen LogP contribution in [0, 0.1) is 6.92 Å². The summed E-state index contributed by atoms with van der Waals surface area (Å²) >= 11 is 0. The lowest BCUT2D eigenvalue weighted by Gasteiger charge is -2.31. The average Bonchev–Trinajstić information content (AvgIpc) is 2.82. The second-order valence-corrected chi connectivity index (χ2v) is 9.60. The largest absolute Gasteiger partial charge is 0.493 e. The Morgan fingerprint density at radius 2 is 2.09 bits per heavy atom. The number of ether oxygens (including phenoxy) is 2. The first-order chi connectivity index (χ1) is 16.7. The molecule has 0 amide bonds. The van der Waals surface area contributed by atoms with E-state index in [0.29, 0.717) is 24.3 Å². The monoisotopic (exact) mass is 477 g/mol. The highest BCUT2D eigenvalue weighted by Gasteiger charge is 2.34. The van der Waals surface area contributed by atoms with Gasteiger partial charge in [-0.15, -0.1) is 0 Å². The van der Waals surface area contributed by atoms with Crippen molar-refractivity contribution in [3.63, 3.8) is 0 Å². The fourth-order valence-electron chi connectivity index (χ4n) is 5.09. The third-order valence-corrected chi connectivity index (χ3v) is 6.80. The maximum absolute atomic E-state index is 13.2. The number of hydrogen-bond acceptors (Lipinski definition) is 4.